The van der Waals surface area contributed by atoms with Crippen molar-refractivity contribution in [2.24, 2.45) is 0 Å². The van der Waals surface area contributed by atoms with Gasteiger partial charge in [-0.3, -0.25) is 10.1 Å². The van der Waals surface area contributed by atoms with Crippen molar-refractivity contribution in [2.45, 2.75) is 24.2 Å². The molecule has 8 nitrogen and oxygen atoms in total. The van der Waals surface area contributed by atoms with Gasteiger partial charge in [0.05, 0.1) is 10.8 Å². The second kappa shape index (κ2) is 9.57. The Morgan fingerprint density at radius 2 is 1.57 bits per heavy atom. The molecule has 0 saturated heterocycles. The molecule has 0 saturated carbocycles. The fourth-order valence-corrected chi connectivity index (χ4v) is 5.64. The smallest absolute Gasteiger partial charge is 0.240 e. The van der Waals surface area contributed by atoms with Crippen molar-refractivity contribution < 1.29 is 17.9 Å². The second-order valence-corrected chi connectivity index (χ2v) is 10.9. The van der Waals surface area contributed by atoms with Crippen LogP contribution in [0.2, 0.25) is 0 Å². The molecule has 0 spiro atoms. The number of nitrogens with one attached hydrogen (secondary N) is 2. The predicted molar refractivity (Wildman–Crippen MR) is 133 cm³/mol. The summed E-state index contributed by atoms with van der Waals surface area (Å²) in [6.45, 7) is 2.06. The van der Waals surface area contributed by atoms with Gasteiger partial charge in [0.2, 0.25) is 21.1 Å². The lowest BCUT2D eigenvalue weighted by atomic mass is 9.87. The predicted octanol–water partition coefficient (Wildman–Crippen LogP) is 4.24. The molecule has 0 aliphatic carbocycles. The van der Waals surface area contributed by atoms with Crippen LogP contribution in [0, 0.1) is 6.92 Å². The first kappa shape index (κ1) is 23.2. The van der Waals surface area contributed by atoms with Crippen LogP contribution in [0.15, 0.2) is 77.7 Å². The third kappa shape index (κ3) is 4.95. The zero-order valence-corrected chi connectivity index (χ0v) is 20.4. The lowest BCUT2D eigenvalue weighted by Crippen LogP contribution is -2.26. The molecule has 1 aliphatic rings. The second-order valence-electron chi connectivity index (χ2n) is 8.06. The van der Waals surface area contributed by atoms with Gasteiger partial charge >= 0.3 is 0 Å². The quantitative estimate of drug-likeness (QED) is 0.388. The first-order chi connectivity index (χ1) is 16.9. The lowest BCUT2D eigenvalue weighted by molar-refractivity contribution is -0.116. The minimum absolute atomic E-state index is 0.166. The molecule has 0 fully saturated rings. The molecular formula is C25H22N4O4S2. The van der Waals surface area contributed by atoms with Crippen LogP contribution in [0.3, 0.4) is 0 Å². The molecule has 10 heteroatoms. The van der Waals surface area contributed by atoms with Gasteiger partial charge in [0.1, 0.15) is 16.5 Å². The third-order valence-electron chi connectivity index (χ3n) is 5.60. The normalized spacial score (nSPS) is 12.9. The van der Waals surface area contributed by atoms with Gasteiger partial charge in [-0.05, 0) is 31.2 Å². The Labute approximate surface area is 207 Å². The summed E-state index contributed by atoms with van der Waals surface area (Å²) in [4.78, 5) is 13.5. The first-order valence-corrected chi connectivity index (χ1v) is 13.3. The van der Waals surface area contributed by atoms with Crippen molar-refractivity contribution in [3.8, 4) is 11.5 Å². The topological polar surface area (TPSA) is 110 Å². The van der Waals surface area contributed by atoms with Gasteiger partial charge in [-0.15, -0.1) is 10.2 Å². The number of nitrogens with zero attached hydrogens (tertiary/aromatic N) is 2. The maximum Gasteiger partial charge on any atom is 0.240 e. The Balaban J connectivity index is 1.25. The van der Waals surface area contributed by atoms with E-state index in [2.05, 4.69) is 20.2 Å². The molecule has 0 unspecified atom stereocenters. The number of aryl methyl sites for hydroxylation is 1. The van der Waals surface area contributed by atoms with Crippen molar-refractivity contribution in [3.63, 3.8) is 0 Å². The van der Waals surface area contributed by atoms with Crippen LogP contribution < -0.4 is 14.8 Å². The SMILES string of the molecule is Cc1ccc(S(=O)(=O)NCCc2nnc(NC(=O)C3c4ccccc4Oc4ccccc43)s2)cc1. The molecular weight excluding hydrogens is 484 g/mol. The van der Waals surface area contributed by atoms with Crippen LogP contribution in [0.5, 0.6) is 11.5 Å². The maximum absolute atomic E-state index is 13.3. The van der Waals surface area contributed by atoms with Crippen LogP contribution in [0.25, 0.3) is 0 Å². The van der Waals surface area contributed by atoms with Gasteiger partial charge in [-0.25, -0.2) is 13.1 Å². The molecule has 1 aliphatic heterocycles. The van der Waals surface area contributed by atoms with E-state index < -0.39 is 15.9 Å². The number of aromatic nitrogens is 2. The van der Waals surface area contributed by atoms with E-state index in [1.807, 2.05) is 55.5 Å². The number of sulfonamides is 1. The standard InChI is InChI=1S/C25H22N4O4S2/c1-16-10-12-17(13-11-16)35(31,32)26-15-14-22-28-29-25(34-22)27-24(30)23-18-6-2-4-8-20(18)33-21-9-5-3-7-19(21)23/h2-13,23,26H,14-15H2,1H3,(H,27,29,30). The summed E-state index contributed by atoms with van der Waals surface area (Å²) in [5.74, 6) is 0.496. The summed E-state index contributed by atoms with van der Waals surface area (Å²) in [6.07, 6.45) is 0.349. The molecule has 35 heavy (non-hydrogen) atoms. The molecule has 5 rings (SSSR count). The molecule has 1 aromatic heterocycles. The lowest BCUT2D eigenvalue weighted by Gasteiger charge is -2.27. The Morgan fingerprint density at radius 3 is 2.23 bits per heavy atom. The van der Waals surface area contributed by atoms with Crippen LogP contribution >= 0.6 is 11.3 Å². The average molecular weight is 507 g/mol. The zero-order valence-electron chi connectivity index (χ0n) is 18.8. The molecule has 4 aromatic rings. The molecule has 0 bridgehead atoms. The summed E-state index contributed by atoms with van der Waals surface area (Å²) >= 11 is 1.22. The summed E-state index contributed by atoms with van der Waals surface area (Å²) in [7, 11) is -3.61. The Bertz CT molecular complexity index is 1440. The number of fused-ring (bicyclic) bond motifs is 2. The summed E-state index contributed by atoms with van der Waals surface area (Å²) in [6, 6.07) is 21.6. The highest BCUT2D eigenvalue weighted by Gasteiger charge is 2.32. The molecule has 178 valence electrons. The Hall–Kier alpha value is -3.60. The van der Waals surface area contributed by atoms with E-state index in [1.165, 1.54) is 11.3 Å². The number of para-hydroxylation sites is 2. The van der Waals surface area contributed by atoms with Crippen LogP contribution in [0.4, 0.5) is 5.13 Å². The van der Waals surface area contributed by atoms with E-state index in [0.717, 1.165) is 16.7 Å². The number of hydrogen-bond donors (Lipinski definition) is 2. The van der Waals surface area contributed by atoms with Crippen molar-refractivity contribution in [2.75, 3.05) is 11.9 Å². The van der Waals surface area contributed by atoms with Crippen LogP contribution in [-0.2, 0) is 21.2 Å². The van der Waals surface area contributed by atoms with E-state index in [-0.39, 0.29) is 17.3 Å². The van der Waals surface area contributed by atoms with E-state index in [1.54, 1.807) is 24.3 Å². The molecule has 2 heterocycles. The number of hydrogen-bond acceptors (Lipinski definition) is 7. The van der Waals surface area contributed by atoms with Crippen molar-refractivity contribution in [1.29, 1.82) is 0 Å². The maximum atomic E-state index is 13.3. The largest absolute Gasteiger partial charge is 0.457 e. The summed E-state index contributed by atoms with van der Waals surface area (Å²) in [5, 5.41) is 12.0. The van der Waals surface area contributed by atoms with E-state index in [4.69, 9.17) is 4.74 Å². The number of anilines is 1. The van der Waals surface area contributed by atoms with Gasteiger partial charge < -0.3 is 4.74 Å². The van der Waals surface area contributed by atoms with Crippen LogP contribution in [0.1, 0.15) is 27.6 Å². The minimum Gasteiger partial charge on any atom is -0.457 e. The zero-order chi connectivity index (χ0) is 24.4. The highest BCUT2D eigenvalue weighted by atomic mass is 32.2. The number of rotatable bonds is 7. The number of benzene rings is 3. The molecule has 2 N–H and O–H groups in total. The van der Waals surface area contributed by atoms with Gasteiger partial charge in [0, 0.05) is 24.1 Å². The van der Waals surface area contributed by atoms with Gasteiger partial charge in [-0.2, -0.15) is 0 Å². The summed E-state index contributed by atoms with van der Waals surface area (Å²) < 4.78 is 33.4. The Kier molecular flexibility index (Phi) is 6.33. The number of carbonyl (C=O) groups is 1. The van der Waals surface area contributed by atoms with Gasteiger partial charge in [0.25, 0.3) is 0 Å². The van der Waals surface area contributed by atoms with E-state index in [9.17, 15) is 13.2 Å². The van der Waals surface area contributed by atoms with E-state index in [0.29, 0.717) is 28.1 Å². The van der Waals surface area contributed by atoms with Gasteiger partial charge in [-0.1, -0.05) is 65.4 Å². The van der Waals surface area contributed by atoms with Crippen molar-refractivity contribution in [3.05, 3.63) is 94.5 Å². The monoisotopic (exact) mass is 506 g/mol. The minimum atomic E-state index is -3.61. The fraction of sp³-hybridized carbons (Fsp3) is 0.160. The summed E-state index contributed by atoms with van der Waals surface area (Å²) in [5.41, 5.74) is 2.54. The molecule has 0 atom stereocenters. The van der Waals surface area contributed by atoms with Crippen LogP contribution in [-0.4, -0.2) is 31.1 Å². The number of amides is 1. The number of carbonyl (C=O) groups excluding carboxylic acids is 1. The highest BCUT2D eigenvalue weighted by Crippen LogP contribution is 2.44. The van der Waals surface area contributed by atoms with Crippen molar-refractivity contribution >= 4 is 32.4 Å². The average Bonchev–Trinajstić information content (AvgIpc) is 3.29. The fourth-order valence-electron chi connectivity index (χ4n) is 3.87. The molecule has 3 aromatic carbocycles. The third-order valence-corrected chi connectivity index (χ3v) is 7.98. The Morgan fingerprint density at radius 1 is 0.943 bits per heavy atom. The highest BCUT2D eigenvalue weighted by molar-refractivity contribution is 7.89. The number of ether oxygens (including phenoxy) is 1. The van der Waals surface area contributed by atoms with Gasteiger partial charge in [0.15, 0.2) is 0 Å². The van der Waals surface area contributed by atoms with Crippen molar-refractivity contribution in [1.82, 2.24) is 14.9 Å². The van der Waals surface area contributed by atoms with E-state index >= 15 is 0 Å². The molecule has 1 amide bonds. The first-order valence-electron chi connectivity index (χ1n) is 11.0. The molecule has 0 radical (unpaired) electrons.